The Balaban J connectivity index is 1.37. The van der Waals surface area contributed by atoms with Crippen LogP contribution in [0.2, 0.25) is 0 Å². The molecule has 0 saturated carbocycles. The first-order chi connectivity index (χ1) is 15.1. The molecule has 1 aliphatic heterocycles. The maximum atomic E-state index is 12.7. The Bertz CT molecular complexity index is 1040. The molecule has 160 valence electrons. The van der Waals surface area contributed by atoms with Crippen LogP contribution in [0.4, 0.5) is 16.2 Å². The lowest BCUT2D eigenvalue weighted by molar-refractivity contribution is 0.102. The fourth-order valence-corrected chi connectivity index (χ4v) is 4.30. The van der Waals surface area contributed by atoms with Crippen LogP contribution in [-0.4, -0.2) is 47.2 Å². The van der Waals surface area contributed by atoms with Crippen LogP contribution in [0, 0.1) is 0 Å². The van der Waals surface area contributed by atoms with E-state index in [1.807, 2.05) is 30.3 Å². The van der Waals surface area contributed by atoms with E-state index in [0.717, 1.165) is 23.6 Å². The molecule has 1 fully saturated rings. The number of urea groups is 1. The minimum Gasteiger partial charge on any atom is -0.497 e. The van der Waals surface area contributed by atoms with Gasteiger partial charge in [0.05, 0.1) is 7.11 Å². The third-order valence-corrected chi connectivity index (χ3v) is 6.15. The van der Waals surface area contributed by atoms with Crippen LogP contribution in [0.25, 0.3) is 0 Å². The number of nitrogens with zero attached hydrogens (tertiary/aromatic N) is 3. The Morgan fingerprint density at radius 3 is 2.52 bits per heavy atom. The molecule has 0 unspecified atom stereocenters. The second-order valence-electron chi connectivity index (χ2n) is 7.21. The van der Waals surface area contributed by atoms with Crippen LogP contribution >= 0.6 is 11.3 Å². The lowest BCUT2D eigenvalue weighted by Gasteiger charge is -2.31. The number of carbonyl (C=O) groups is 2. The molecule has 31 heavy (non-hydrogen) atoms. The third kappa shape index (κ3) is 5.18. The van der Waals surface area contributed by atoms with Crippen molar-refractivity contribution in [1.82, 2.24) is 15.1 Å². The zero-order chi connectivity index (χ0) is 21.6. The van der Waals surface area contributed by atoms with Crippen molar-refractivity contribution in [3.05, 3.63) is 64.6 Å². The minimum absolute atomic E-state index is 0.0612. The number of aromatic nitrogens is 2. The normalized spacial score (nSPS) is 15.9. The number of benzene rings is 2. The number of ether oxygens (including phenoxy) is 1. The monoisotopic (exact) mass is 437 g/mol. The zero-order valence-corrected chi connectivity index (χ0v) is 17.9. The van der Waals surface area contributed by atoms with Gasteiger partial charge in [-0.2, -0.15) is 0 Å². The maximum absolute atomic E-state index is 12.7. The number of methoxy groups -OCH3 is 1. The highest BCUT2D eigenvalue weighted by Gasteiger charge is 2.28. The predicted molar refractivity (Wildman–Crippen MR) is 120 cm³/mol. The van der Waals surface area contributed by atoms with Crippen molar-refractivity contribution >= 4 is 34.6 Å². The first kappa shape index (κ1) is 20.8. The fraction of sp³-hybridized carbons (Fsp3) is 0.273. The van der Waals surface area contributed by atoms with E-state index >= 15 is 0 Å². The van der Waals surface area contributed by atoms with Crippen LogP contribution in [-0.2, 0) is 0 Å². The Labute approximate surface area is 184 Å². The molecular weight excluding hydrogens is 414 g/mol. The van der Waals surface area contributed by atoms with Crippen molar-refractivity contribution in [2.45, 2.75) is 18.8 Å². The molecule has 2 aromatic carbocycles. The fourth-order valence-electron chi connectivity index (χ4n) is 3.44. The third-order valence-electron chi connectivity index (χ3n) is 5.07. The van der Waals surface area contributed by atoms with Crippen molar-refractivity contribution in [3.8, 4) is 5.75 Å². The van der Waals surface area contributed by atoms with Crippen molar-refractivity contribution in [2.24, 2.45) is 0 Å². The predicted octanol–water partition coefficient (Wildman–Crippen LogP) is 4.21. The standard InChI is InChI=1S/C22H23N5O3S/c1-30-18-11-9-17(10-12-18)24-22(29)27-13-5-6-15(14-27)20-25-26-21(31-20)19(28)23-16-7-3-2-4-8-16/h2-4,7-12,15H,5-6,13-14H2,1H3,(H,23,28)(H,24,29)/t15-/m0/s1. The first-order valence-electron chi connectivity index (χ1n) is 10.0. The van der Waals surface area contributed by atoms with Gasteiger partial charge in [0, 0.05) is 30.4 Å². The zero-order valence-electron chi connectivity index (χ0n) is 17.1. The summed E-state index contributed by atoms with van der Waals surface area (Å²) in [6.45, 7) is 1.22. The van der Waals surface area contributed by atoms with Gasteiger partial charge in [-0.15, -0.1) is 10.2 Å². The van der Waals surface area contributed by atoms with Gasteiger partial charge in [0.25, 0.3) is 5.91 Å². The summed E-state index contributed by atoms with van der Waals surface area (Å²) in [5.74, 6) is 0.519. The van der Waals surface area contributed by atoms with Gasteiger partial charge < -0.3 is 20.3 Å². The van der Waals surface area contributed by atoms with E-state index < -0.39 is 0 Å². The van der Waals surface area contributed by atoms with Gasteiger partial charge in [0.15, 0.2) is 0 Å². The second kappa shape index (κ2) is 9.57. The molecule has 1 atom stereocenters. The van der Waals surface area contributed by atoms with E-state index in [4.69, 9.17) is 4.74 Å². The average Bonchev–Trinajstić information content (AvgIpc) is 3.31. The highest BCUT2D eigenvalue weighted by Crippen LogP contribution is 2.30. The SMILES string of the molecule is COc1ccc(NC(=O)N2CCC[C@H](c3nnc(C(=O)Nc4ccccc4)s3)C2)cc1. The highest BCUT2D eigenvalue weighted by atomic mass is 32.1. The molecule has 0 radical (unpaired) electrons. The number of amides is 3. The topological polar surface area (TPSA) is 96.4 Å². The Morgan fingerprint density at radius 2 is 1.77 bits per heavy atom. The number of piperidine rings is 1. The van der Waals surface area contributed by atoms with Gasteiger partial charge in [-0.25, -0.2) is 4.79 Å². The smallest absolute Gasteiger partial charge is 0.321 e. The molecule has 9 heteroatoms. The number of para-hydroxylation sites is 1. The minimum atomic E-state index is -0.278. The van der Waals surface area contributed by atoms with Gasteiger partial charge in [0.2, 0.25) is 5.01 Å². The number of likely N-dealkylation sites (tertiary alicyclic amines) is 1. The van der Waals surface area contributed by atoms with Crippen LogP contribution in [0.1, 0.15) is 33.6 Å². The summed E-state index contributed by atoms with van der Waals surface area (Å²) in [6, 6.07) is 16.3. The number of carbonyl (C=O) groups excluding carboxylic acids is 2. The summed E-state index contributed by atoms with van der Waals surface area (Å²) in [4.78, 5) is 26.9. The lowest BCUT2D eigenvalue weighted by Crippen LogP contribution is -2.41. The Morgan fingerprint density at radius 1 is 1.03 bits per heavy atom. The van der Waals surface area contributed by atoms with Gasteiger partial charge in [0.1, 0.15) is 10.8 Å². The molecule has 1 saturated heterocycles. The molecule has 0 aliphatic carbocycles. The number of anilines is 2. The number of hydrogen-bond donors (Lipinski definition) is 2. The van der Waals surface area contributed by atoms with Crippen molar-refractivity contribution in [3.63, 3.8) is 0 Å². The van der Waals surface area contributed by atoms with Crippen molar-refractivity contribution in [2.75, 3.05) is 30.8 Å². The largest absolute Gasteiger partial charge is 0.497 e. The van der Waals surface area contributed by atoms with Crippen LogP contribution < -0.4 is 15.4 Å². The van der Waals surface area contributed by atoms with Crippen molar-refractivity contribution in [1.29, 1.82) is 0 Å². The molecule has 0 bridgehead atoms. The Hall–Kier alpha value is -3.46. The van der Waals surface area contributed by atoms with E-state index in [9.17, 15) is 9.59 Å². The number of rotatable bonds is 5. The maximum Gasteiger partial charge on any atom is 0.321 e. The molecular formula is C22H23N5O3S. The molecule has 1 aliphatic rings. The first-order valence-corrected chi connectivity index (χ1v) is 10.8. The second-order valence-corrected chi connectivity index (χ2v) is 8.22. The van der Waals surface area contributed by atoms with E-state index in [0.29, 0.717) is 29.5 Å². The van der Waals surface area contributed by atoms with Gasteiger partial charge in [-0.05, 0) is 49.2 Å². The van der Waals surface area contributed by atoms with E-state index in [2.05, 4.69) is 20.8 Å². The highest BCUT2D eigenvalue weighted by molar-refractivity contribution is 7.13. The lowest BCUT2D eigenvalue weighted by atomic mass is 9.99. The summed E-state index contributed by atoms with van der Waals surface area (Å²) in [5, 5.41) is 15.1. The molecule has 0 spiro atoms. The van der Waals surface area contributed by atoms with Crippen LogP contribution in [0.15, 0.2) is 54.6 Å². The summed E-state index contributed by atoms with van der Waals surface area (Å²) < 4.78 is 5.14. The van der Waals surface area contributed by atoms with Crippen LogP contribution in [0.3, 0.4) is 0 Å². The molecule has 8 nitrogen and oxygen atoms in total. The van der Waals surface area contributed by atoms with Crippen LogP contribution in [0.5, 0.6) is 5.75 Å². The summed E-state index contributed by atoms with van der Waals surface area (Å²) in [6.07, 6.45) is 1.77. The quantitative estimate of drug-likeness (QED) is 0.623. The average molecular weight is 438 g/mol. The molecule has 4 rings (SSSR count). The van der Waals surface area contributed by atoms with E-state index in [1.165, 1.54) is 11.3 Å². The van der Waals surface area contributed by atoms with Gasteiger partial charge in [-0.3, -0.25) is 4.79 Å². The Kier molecular flexibility index (Phi) is 6.42. The van der Waals surface area contributed by atoms with E-state index in [-0.39, 0.29) is 17.9 Å². The molecule has 3 amide bonds. The molecule has 2 heterocycles. The number of hydrogen-bond acceptors (Lipinski definition) is 6. The summed E-state index contributed by atoms with van der Waals surface area (Å²) in [5.41, 5.74) is 1.42. The number of nitrogens with one attached hydrogen (secondary N) is 2. The molecule has 3 aromatic rings. The molecule has 1 aromatic heterocycles. The molecule has 2 N–H and O–H groups in total. The van der Waals surface area contributed by atoms with E-state index in [1.54, 1.807) is 36.3 Å². The van der Waals surface area contributed by atoms with Crippen molar-refractivity contribution < 1.29 is 14.3 Å². The summed E-state index contributed by atoms with van der Waals surface area (Å²) >= 11 is 1.28. The van der Waals surface area contributed by atoms with Gasteiger partial charge >= 0.3 is 6.03 Å². The summed E-state index contributed by atoms with van der Waals surface area (Å²) in [7, 11) is 1.60. The van der Waals surface area contributed by atoms with Gasteiger partial charge in [-0.1, -0.05) is 29.5 Å².